The first-order valence-corrected chi connectivity index (χ1v) is 11.2. The maximum absolute atomic E-state index is 11.7. The minimum atomic E-state index is -4.19. The fourth-order valence-corrected chi connectivity index (χ4v) is 3.92. The zero-order valence-electron chi connectivity index (χ0n) is 15.9. The lowest BCUT2D eigenvalue weighted by molar-refractivity contribution is 0.0899. The summed E-state index contributed by atoms with van der Waals surface area (Å²) < 4.78 is 37.9. The van der Waals surface area contributed by atoms with Gasteiger partial charge in [0.05, 0.1) is 13.2 Å². The standard InChI is InChI=1S/C20H34O5S/c1-2-3-4-5-6-7-8-9-18-10-12-19(13-11-18)20(26(22,23)24)14-16-25-17-15-21/h10-13,20-21H,2-9,14-17H2,1H3,(H,22,23,24). The number of unbranched alkanes of at least 4 members (excludes halogenated alkanes) is 6. The first-order valence-electron chi connectivity index (χ1n) is 9.72. The lowest BCUT2D eigenvalue weighted by Gasteiger charge is -2.15. The average Bonchev–Trinajstić information content (AvgIpc) is 2.61. The van der Waals surface area contributed by atoms with Gasteiger partial charge in [0.25, 0.3) is 10.1 Å². The predicted molar refractivity (Wildman–Crippen MR) is 105 cm³/mol. The first kappa shape index (κ1) is 23.1. The number of hydrogen-bond donors (Lipinski definition) is 2. The fraction of sp³-hybridized carbons (Fsp3) is 0.700. The minimum Gasteiger partial charge on any atom is -0.394 e. The van der Waals surface area contributed by atoms with Gasteiger partial charge < -0.3 is 9.84 Å². The highest BCUT2D eigenvalue weighted by atomic mass is 32.2. The van der Waals surface area contributed by atoms with Crippen molar-refractivity contribution in [3.05, 3.63) is 35.4 Å². The third-order valence-electron chi connectivity index (χ3n) is 4.54. The van der Waals surface area contributed by atoms with E-state index in [2.05, 4.69) is 6.92 Å². The van der Waals surface area contributed by atoms with Gasteiger partial charge in [0.2, 0.25) is 0 Å². The Morgan fingerprint density at radius 1 is 0.962 bits per heavy atom. The van der Waals surface area contributed by atoms with Gasteiger partial charge in [-0.3, -0.25) is 4.55 Å². The van der Waals surface area contributed by atoms with Crippen molar-refractivity contribution >= 4 is 10.1 Å². The Hall–Kier alpha value is -0.950. The molecule has 2 N–H and O–H groups in total. The third kappa shape index (κ3) is 9.67. The fourth-order valence-electron chi connectivity index (χ4n) is 3.03. The predicted octanol–water partition coefficient (Wildman–Crippen LogP) is 4.31. The summed E-state index contributed by atoms with van der Waals surface area (Å²) in [5, 5.41) is 7.70. The summed E-state index contributed by atoms with van der Waals surface area (Å²) in [5.74, 6) is 0. The van der Waals surface area contributed by atoms with Gasteiger partial charge in [-0.15, -0.1) is 0 Å². The normalized spacial score (nSPS) is 13.0. The SMILES string of the molecule is CCCCCCCCCc1ccc(C(CCOCCO)S(=O)(=O)O)cc1. The van der Waals surface area contributed by atoms with Crippen LogP contribution in [0.15, 0.2) is 24.3 Å². The molecule has 0 spiro atoms. The molecule has 1 rings (SSSR count). The second-order valence-electron chi connectivity index (χ2n) is 6.74. The van der Waals surface area contributed by atoms with Gasteiger partial charge in [-0.25, -0.2) is 0 Å². The Bertz CT molecular complexity index is 568. The van der Waals surface area contributed by atoms with Crippen molar-refractivity contribution in [1.29, 1.82) is 0 Å². The quantitative estimate of drug-likeness (QED) is 0.347. The topological polar surface area (TPSA) is 83.8 Å². The Kier molecular flexibility index (Phi) is 11.8. The van der Waals surface area contributed by atoms with Gasteiger partial charge in [0.1, 0.15) is 5.25 Å². The zero-order valence-corrected chi connectivity index (χ0v) is 16.7. The molecule has 0 radical (unpaired) electrons. The molecule has 0 saturated heterocycles. The van der Waals surface area contributed by atoms with Crippen molar-refractivity contribution in [1.82, 2.24) is 0 Å². The molecule has 0 aliphatic heterocycles. The molecule has 0 saturated carbocycles. The molecule has 1 unspecified atom stereocenters. The van der Waals surface area contributed by atoms with Crippen LogP contribution in [0.25, 0.3) is 0 Å². The van der Waals surface area contributed by atoms with E-state index in [4.69, 9.17) is 9.84 Å². The molecular weight excluding hydrogens is 352 g/mol. The highest BCUT2D eigenvalue weighted by Gasteiger charge is 2.24. The van der Waals surface area contributed by atoms with Crippen molar-refractivity contribution in [3.63, 3.8) is 0 Å². The van der Waals surface area contributed by atoms with Crippen LogP contribution in [0, 0.1) is 0 Å². The highest BCUT2D eigenvalue weighted by molar-refractivity contribution is 7.86. The first-order chi connectivity index (χ1) is 12.5. The van der Waals surface area contributed by atoms with E-state index in [1.54, 1.807) is 12.1 Å². The van der Waals surface area contributed by atoms with E-state index in [1.807, 2.05) is 12.1 Å². The summed E-state index contributed by atoms with van der Waals surface area (Å²) in [7, 11) is -4.19. The number of benzene rings is 1. The van der Waals surface area contributed by atoms with Crippen molar-refractivity contribution in [2.75, 3.05) is 19.8 Å². The second kappa shape index (κ2) is 13.3. The van der Waals surface area contributed by atoms with Crippen LogP contribution < -0.4 is 0 Å². The van der Waals surface area contributed by atoms with Crippen LogP contribution >= 0.6 is 0 Å². The largest absolute Gasteiger partial charge is 0.394 e. The van der Waals surface area contributed by atoms with Crippen LogP contribution in [0.1, 0.15) is 74.7 Å². The number of rotatable bonds is 15. The van der Waals surface area contributed by atoms with E-state index in [0.717, 1.165) is 12.8 Å². The molecule has 0 heterocycles. The molecule has 0 aliphatic rings. The molecule has 1 atom stereocenters. The van der Waals surface area contributed by atoms with Gasteiger partial charge in [-0.1, -0.05) is 69.7 Å². The van der Waals surface area contributed by atoms with Crippen molar-refractivity contribution in [2.45, 2.75) is 70.0 Å². The number of aliphatic hydroxyl groups is 1. The molecule has 0 aliphatic carbocycles. The molecular formula is C20H34O5S. The zero-order chi connectivity index (χ0) is 19.3. The van der Waals surface area contributed by atoms with Gasteiger partial charge in [-0.2, -0.15) is 8.42 Å². The second-order valence-corrected chi connectivity index (χ2v) is 8.34. The highest BCUT2D eigenvalue weighted by Crippen LogP contribution is 2.26. The number of aliphatic hydroxyl groups excluding tert-OH is 1. The number of ether oxygens (including phenoxy) is 1. The Morgan fingerprint density at radius 2 is 1.58 bits per heavy atom. The molecule has 6 heteroatoms. The smallest absolute Gasteiger partial charge is 0.272 e. The molecule has 0 amide bonds. The molecule has 5 nitrogen and oxygen atoms in total. The third-order valence-corrected chi connectivity index (χ3v) is 5.77. The molecule has 26 heavy (non-hydrogen) atoms. The Morgan fingerprint density at radius 3 is 2.15 bits per heavy atom. The van der Waals surface area contributed by atoms with E-state index >= 15 is 0 Å². The molecule has 150 valence electrons. The van der Waals surface area contributed by atoms with Crippen LogP contribution in [-0.4, -0.2) is 37.9 Å². The van der Waals surface area contributed by atoms with Crippen LogP contribution in [0.2, 0.25) is 0 Å². The molecule has 0 bridgehead atoms. The van der Waals surface area contributed by atoms with Crippen molar-refractivity contribution in [3.8, 4) is 0 Å². The van der Waals surface area contributed by atoms with Crippen molar-refractivity contribution in [2.24, 2.45) is 0 Å². The minimum absolute atomic E-state index is 0.107. The molecule has 0 aromatic heterocycles. The summed E-state index contributed by atoms with van der Waals surface area (Å²) in [5.41, 5.74) is 1.76. The van der Waals surface area contributed by atoms with Crippen LogP contribution in [0.3, 0.4) is 0 Å². The van der Waals surface area contributed by atoms with E-state index in [9.17, 15) is 13.0 Å². The number of hydrogen-bond acceptors (Lipinski definition) is 4. The van der Waals surface area contributed by atoms with Gasteiger partial charge in [0.15, 0.2) is 0 Å². The van der Waals surface area contributed by atoms with Crippen LogP contribution in [0.4, 0.5) is 0 Å². The van der Waals surface area contributed by atoms with E-state index in [0.29, 0.717) is 5.56 Å². The summed E-state index contributed by atoms with van der Waals surface area (Å²) >= 11 is 0. The lowest BCUT2D eigenvalue weighted by Crippen LogP contribution is -2.15. The monoisotopic (exact) mass is 386 g/mol. The molecule has 1 aromatic carbocycles. The van der Waals surface area contributed by atoms with Crippen LogP contribution in [-0.2, 0) is 21.3 Å². The summed E-state index contributed by atoms with van der Waals surface area (Å²) in [6.45, 7) is 2.45. The maximum Gasteiger partial charge on any atom is 0.272 e. The summed E-state index contributed by atoms with van der Waals surface area (Å²) in [4.78, 5) is 0. The Labute approximate surface area is 158 Å². The maximum atomic E-state index is 11.7. The van der Waals surface area contributed by atoms with Gasteiger partial charge in [0, 0.05) is 6.61 Å². The van der Waals surface area contributed by atoms with E-state index < -0.39 is 15.4 Å². The molecule has 1 aromatic rings. The van der Waals surface area contributed by atoms with Crippen LogP contribution in [0.5, 0.6) is 0 Å². The molecule has 0 fully saturated rings. The van der Waals surface area contributed by atoms with Crippen molar-refractivity contribution < 1.29 is 22.8 Å². The summed E-state index contributed by atoms with van der Waals surface area (Å²) in [6.07, 6.45) is 10.0. The number of aryl methyl sites for hydroxylation is 1. The van der Waals surface area contributed by atoms with Gasteiger partial charge >= 0.3 is 0 Å². The van der Waals surface area contributed by atoms with Gasteiger partial charge in [-0.05, 0) is 30.4 Å². The summed E-state index contributed by atoms with van der Waals surface area (Å²) in [6, 6.07) is 7.44. The Balaban J connectivity index is 2.46. The lowest BCUT2D eigenvalue weighted by atomic mass is 10.0. The average molecular weight is 387 g/mol. The van der Waals surface area contributed by atoms with E-state index in [1.165, 1.54) is 44.1 Å². The van der Waals surface area contributed by atoms with E-state index in [-0.39, 0.29) is 26.2 Å².